The molecule has 6 nitrogen and oxygen atoms in total. The molecule has 2 heterocycles. The van der Waals surface area contributed by atoms with E-state index in [9.17, 15) is 9.59 Å². The number of nitrogens with zero attached hydrogens (tertiary/aromatic N) is 3. The van der Waals surface area contributed by atoms with Gasteiger partial charge in [0.2, 0.25) is 5.91 Å². The summed E-state index contributed by atoms with van der Waals surface area (Å²) < 4.78 is 0. The van der Waals surface area contributed by atoms with Crippen LogP contribution in [0.25, 0.3) is 0 Å². The van der Waals surface area contributed by atoms with Gasteiger partial charge in [0.15, 0.2) is 6.10 Å². The minimum atomic E-state index is -0.766. The first kappa shape index (κ1) is 19.5. The second kappa shape index (κ2) is 7.87. The van der Waals surface area contributed by atoms with E-state index in [0.29, 0.717) is 6.54 Å². The van der Waals surface area contributed by atoms with Crippen molar-refractivity contribution in [3.63, 3.8) is 0 Å². The summed E-state index contributed by atoms with van der Waals surface area (Å²) in [5.74, 6) is -0.889. The average molecular weight is 393 g/mol. The van der Waals surface area contributed by atoms with E-state index >= 15 is 0 Å². The van der Waals surface area contributed by atoms with Crippen LogP contribution < -0.4 is 9.96 Å². The molecule has 2 aromatic carbocycles. The maximum atomic E-state index is 13.2. The Labute approximate surface area is 171 Å². The third-order valence-corrected chi connectivity index (χ3v) is 5.70. The van der Waals surface area contributed by atoms with Crippen LogP contribution in [0, 0.1) is 5.92 Å². The SMILES string of the molecule is CCCCN1C(=O)[C@@H]2[C@@H](c3ccc(N(C)C)cc3)N(c3ccccc3)O[C@H]2C1=O. The van der Waals surface area contributed by atoms with Crippen molar-refractivity contribution in [2.24, 2.45) is 5.92 Å². The number of hydrogen-bond donors (Lipinski definition) is 0. The first-order chi connectivity index (χ1) is 14.0. The van der Waals surface area contributed by atoms with Gasteiger partial charge in [0, 0.05) is 26.3 Å². The van der Waals surface area contributed by atoms with Gasteiger partial charge >= 0.3 is 0 Å². The quantitative estimate of drug-likeness (QED) is 0.704. The maximum absolute atomic E-state index is 13.2. The number of amides is 2. The van der Waals surface area contributed by atoms with Crippen molar-refractivity contribution in [2.45, 2.75) is 31.9 Å². The number of carbonyl (C=O) groups is 2. The Balaban J connectivity index is 1.72. The number of rotatable bonds is 6. The van der Waals surface area contributed by atoms with Crippen molar-refractivity contribution >= 4 is 23.2 Å². The highest BCUT2D eigenvalue weighted by Gasteiger charge is 2.59. The highest BCUT2D eigenvalue weighted by Crippen LogP contribution is 2.46. The molecule has 0 radical (unpaired) electrons. The zero-order valence-electron chi connectivity index (χ0n) is 17.1. The van der Waals surface area contributed by atoms with Crippen LogP contribution in [0.4, 0.5) is 11.4 Å². The summed E-state index contributed by atoms with van der Waals surface area (Å²) in [6.07, 6.45) is 0.971. The molecule has 3 atom stereocenters. The predicted octanol–water partition coefficient (Wildman–Crippen LogP) is 3.40. The number of carbonyl (C=O) groups excluding carboxylic acids is 2. The van der Waals surface area contributed by atoms with Crippen molar-refractivity contribution in [2.75, 3.05) is 30.6 Å². The van der Waals surface area contributed by atoms with Gasteiger partial charge in [-0.2, -0.15) is 0 Å². The van der Waals surface area contributed by atoms with Crippen LogP contribution in [-0.2, 0) is 14.4 Å². The van der Waals surface area contributed by atoms with Gasteiger partial charge in [-0.25, -0.2) is 5.06 Å². The number of anilines is 2. The second-order valence-electron chi connectivity index (χ2n) is 7.83. The van der Waals surface area contributed by atoms with Crippen LogP contribution in [0.3, 0.4) is 0 Å². The molecule has 2 aromatic rings. The Morgan fingerprint density at radius 2 is 1.66 bits per heavy atom. The molecule has 152 valence electrons. The van der Waals surface area contributed by atoms with Crippen LogP contribution in [0.2, 0.25) is 0 Å². The molecule has 0 saturated carbocycles. The van der Waals surface area contributed by atoms with E-state index < -0.39 is 12.0 Å². The first-order valence-electron chi connectivity index (χ1n) is 10.2. The number of likely N-dealkylation sites (tertiary alicyclic amines) is 1. The Bertz CT molecular complexity index is 882. The molecule has 2 fully saturated rings. The van der Waals surface area contributed by atoms with Gasteiger partial charge < -0.3 is 4.90 Å². The van der Waals surface area contributed by atoms with Gasteiger partial charge in [0.05, 0.1) is 11.7 Å². The van der Waals surface area contributed by atoms with E-state index in [4.69, 9.17) is 4.84 Å². The Kier molecular flexibility index (Phi) is 5.28. The Morgan fingerprint density at radius 3 is 2.28 bits per heavy atom. The molecule has 4 rings (SSSR count). The molecular weight excluding hydrogens is 366 g/mol. The summed E-state index contributed by atoms with van der Waals surface area (Å²) in [5, 5.41) is 1.74. The van der Waals surface area contributed by atoms with Gasteiger partial charge in [-0.15, -0.1) is 0 Å². The zero-order valence-corrected chi connectivity index (χ0v) is 17.1. The third-order valence-electron chi connectivity index (χ3n) is 5.70. The molecule has 2 amide bonds. The highest BCUT2D eigenvalue weighted by molar-refractivity contribution is 6.07. The van der Waals surface area contributed by atoms with E-state index in [1.807, 2.05) is 73.6 Å². The van der Waals surface area contributed by atoms with Crippen molar-refractivity contribution in [1.82, 2.24) is 4.90 Å². The summed E-state index contributed by atoms with van der Waals surface area (Å²) in [6.45, 7) is 2.51. The summed E-state index contributed by atoms with van der Waals surface area (Å²) in [4.78, 5) is 35.7. The molecular formula is C23H27N3O3. The van der Waals surface area contributed by atoms with Crippen LogP contribution in [0.15, 0.2) is 54.6 Å². The van der Waals surface area contributed by atoms with Crippen molar-refractivity contribution in [1.29, 1.82) is 0 Å². The smallest absolute Gasteiger partial charge is 0.261 e. The number of hydroxylamine groups is 1. The third kappa shape index (κ3) is 3.38. The van der Waals surface area contributed by atoms with Crippen LogP contribution >= 0.6 is 0 Å². The fraction of sp³-hybridized carbons (Fsp3) is 0.391. The van der Waals surface area contributed by atoms with Crippen LogP contribution in [0.5, 0.6) is 0 Å². The second-order valence-corrected chi connectivity index (χ2v) is 7.83. The number of benzene rings is 2. The molecule has 2 aliphatic heterocycles. The largest absolute Gasteiger partial charge is 0.378 e. The molecule has 0 bridgehead atoms. The van der Waals surface area contributed by atoms with Crippen molar-refractivity contribution in [3.05, 3.63) is 60.2 Å². The minimum absolute atomic E-state index is 0.131. The fourth-order valence-electron chi connectivity index (χ4n) is 4.12. The van der Waals surface area contributed by atoms with Gasteiger partial charge in [0.25, 0.3) is 5.91 Å². The lowest BCUT2D eigenvalue weighted by molar-refractivity contribution is -0.143. The number of imide groups is 1. The first-order valence-corrected chi connectivity index (χ1v) is 10.2. The Morgan fingerprint density at radius 1 is 0.966 bits per heavy atom. The molecule has 2 aliphatic rings. The van der Waals surface area contributed by atoms with Gasteiger partial charge in [-0.1, -0.05) is 43.7 Å². The fourth-order valence-corrected chi connectivity index (χ4v) is 4.12. The lowest BCUT2D eigenvalue weighted by Gasteiger charge is -2.29. The van der Waals surface area contributed by atoms with E-state index in [2.05, 4.69) is 6.92 Å². The van der Waals surface area contributed by atoms with Crippen molar-refractivity contribution in [3.8, 4) is 0 Å². The number of hydrogen-bond acceptors (Lipinski definition) is 5. The van der Waals surface area contributed by atoms with E-state index in [0.717, 1.165) is 29.8 Å². The minimum Gasteiger partial charge on any atom is -0.378 e. The zero-order chi connectivity index (χ0) is 20.5. The molecule has 0 N–H and O–H groups in total. The monoisotopic (exact) mass is 393 g/mol. The summed E-state index contributed by atoms with van der Waals surface area (Å²) >= 11 is 0. The molecule has 6 heteroatoms. The molecule has 2 saturated heterocycles. The number of para-hydroxylation sites is 1. The van der Waals surface area contributed by atoms with Gasteiger partial charge in [-0.05, 0) is 36.2 Å². The lowest BCUT2D eigenvalue weighted by atomic mass is 9.90. The molecule has 29 heavy (non-hydrogen) atoms. The topological polar surface area (TPSA) is 53.1 Å². The molecule has 0 unspecified atom stereocenters. The summed E-state index contributed by atoms with van der Waals surface area (Å²) in [5.41, 5.74) is 2.88. The molecule has 0 spiro atoms. The van der Waals surface area contributed by atoms with E-state index in [1.54, 1.807) is 5.06 Å². The van der Waals surface area contributed by atoms with Gasteiger partial charge in [0.1, 0.15) is 5.92 Å². The predicted molar refractivity (Wildman–Crippen MR) is 112 cm³/mol. The molecule has 0 aromatic heterocycles. The lowest BCUT2D eigenvalue weighted by Crippen LogP contribution is -2.37. The highest BCUT2D eigenvalue weighted by atomic mass is 16.7. The van der Waals surface area contributed by atoms with Gasteiger partial charge in [-0.3, -0.25) is 19.3 Å². The summed E-state index contributed by atoms with van der Waals surface area (Å²) in [6, 6.07) is 17.4. The maximum Gasteiger partial charge on any atom is 0.261 e. The van der Waals surface area contributed by atoms with Crippen LogP contribution in [0.1, 0.15) is 31.4 Å². The Hall–Kier alpha value is -2.86. The normalized spacial score (nSPS) is 23.6. The number of unbranched alkanes of at least 4 members (excludes halogenated alkanes) is 1. The average Bonchev–Trinajstić information content (AvgIpc) is 3.24. The molecule has 0 aliphatic carbocycles. The van der Waals surface area contributed by atoms with Crippen LogP contribution in [-0.4, -0.2) is 43.5 Å². The standard InChI is InChI=1S/C23H27N3O3/c1-4-5-15-25-22(27)19-20(16-11-13-17(14-12-16)24(2)3)26(29-21(19)23(25)28)18-9-7-6-8-10-18/h6-14,19-21H,4-5,15H2,1-3H3/t19-,20-,21-/m1/s1. The van der Waals surface area contributed by atoms with E-state index in [1.165, 1.54) is 4.90 Å². The summed E-state index contributed by atoms with van der Waals surface area (Å²) in [7, 11) is 3.98. The van der Waals surface area contributed by atoms with E-state index in [-0.39, 0.29) is 17.9 Å². The van der Waals surface area contributed by atoms with Crippen molar-refractivity contribution < 1.29 is 14.4 Å². The number of fused-ring (bicyclic) bond motifs is 1.